The molecular weight excluding hydrogens is 386 g/mol. The van der Waals surface area contributed by atoms with E-state index in [9.17, 15) is 14.9 Å². The number of ether oxygens (including phenoxy) is 1. The Bertz CT molecular complexity index is 1030. The molecule has 2 aromatic carbocycles. The molecule has 0 aliphatic rings. The molecule has 0 fully saturated rings. The normalized spacial score (nSPS) is 11.0. The summed E-state index contributed by atoms with van der Waals surface area (Å²) in [6, 6.07) is 13.6. The van der Waals surface area contributed by atoms with Gasteiger partial charge >= 0.3 is 5.69 Å². The highest BCUT2D eigenvalue weighted by Gasteiger charge is 2.17. The van der Waals surface area contributed by atoms with Gasteiger partial charge < -0.3 is 14.2 Å². The molecule has 158 valence electrons. The third-order valence-electron chi connectivity index (χ3n) is 4.86. The van der Waals surface area contributed by atoms with Crippen molar-refractivity contribution < 1.29 is 14.5 Å². The molecule has 3 aromatic rings. The van der Waals surface area contributed by atoms with Crippen LogP contribution in [0.1, 0.15) is 13.8 Å². The highest BCUT2D eigenvalue weighted by molar-refractivity contribution is 5.92. The zero-order valence-electron chi connectivity index (χ0n) is 17.1. The van der Waals surface area contributed by atoms with Gasteiger partial charge in [-0.25, -0.2) is 4.98 Å². The molecule has 0 unspecified atom stereocenters. The molecule has 0 saturated carbocycles. The fraction of sp³-hybridized carbons (Fsp3) is 0.333. The van der Waals surface area contributed by atoms with Gasteiger partial charge in [-0.3, -0.25) is 20.2 Å². The van der Waals surface area contributed by atoms with Crippen LogP contribution in [0.25, 0.3) is 11.0 Å². The molecular formula is C21H25N5O4. The van der Waals surface area contributed by atoms with Crippen LogP contribution in [0.15, 0.2) is 48.5 Å². The van der Waals surface area contributed by atoms with Crippen LogP contribution in [0, 0.1) is 10.1 Å². The second kappa shape index (κ2) is 9.84. The number of carbonyl (C=O) groups is 1. The first kappa shape index (κ1) is 21.3. The summed E-state index contributed by atoms with van der Waals surface area (Å²) in [5, 5.41) is 13.9. The van der Waals surface area contributed by atoms with Crippen molar-refractivity contribution in [2.24, 2.45) is 0 Å². The van der Waals surface area contributed by atoms with E-state index in [4.69, 9.17) is 4.74 Å². The van der Waals surface area contributed by atoms with Crippen molar-refractivity contribution >= 4 is 28.6 Å². The predicted molar refractivity (Wildman–Crippen MR) is 115 cm³/mol. The zero-order valence-corrected chi connectivity index (χ0v) is 17.1. The average molecular weight is 411 g/mol. The molecule has 0 saturated heterocycles. The molecule has 0 spiro atoms. The maximum Gasteiger partial charge on any atom is 0.310 e. The smallest absolute Gasteiger partial charge is 0.310 e. The minimum atomic E-state index is -0.542. The molecule has 1 amide bonds. The van der Waals surface area contributed by atoms with E-state index < -0.39 is 10.8 Å². The molecule has 1 aromatic heterocycles. The number of rotatable bonds is 10. The molecule has 0 aliphatic heterocycles. The maximum absolute atomic E-state index is 12.5. The minimum absolute atomic E-state index is 0.0488. The molecule has 9 nitrogen and oxygen atoms in total. The van der Waals surface area contributed by atoms with E-state index >= 15 is 0 Å². The number of nitrogens with one attached hydrogen (secondary N) is 1. The van der Waals surface area contributed by atoms with Crippen LogP contribution in [-0.2, 0) is 11.3 Å². The van der Waals surface area contributed by atoms with E-state index in [0.717, 1.165) is 30.7 Å². The van der Waals surface area contributed by atoms with Crippen LogP contribution in [0.3, 0.4) is 0 Å². The van der Waals surface area contributed by atoms with E-state index in [1.807, 2.05) is 28.8 Å². The lowest BCUT2D eigenvalue weighted by atomic mass is 10.3. The Balaban J connectivity index is 1.74. The highest BCUT2D eigenvalue weighted by atomic mass is 16.6. The third-order valence-corrected chi connectivity index (χ3v) is 4.86. The summed E-state index contributed by atoms with van der Waals surface area (Å²) in [5.41, 5.74) is 1.53. The number of amides is 1. The van der Waals surface area contributed by atoms with Crippen molar-refractivity contribution in [3.05, 3.63) is 58.6 Å². The summed E-state index contributed by atoms with van der Waals surface area (Å²) in [6.07, 6.45) is 0. The lowest BCUT2D eigenvalue weighted by Crippen LogP contribution is -2.28. The Morgan fingerprint density at radius 3 is 2.60 bits per heavy atom. The minimum Gasteiger partial charge on any atom is -0.477 e. The van der Waals surface area contributed by atoms with Gasteiger partial charge in [-0.2, -0.15) is 0 Å². The Kier molecular flexibility index (Phi) is 6.97. The van der Waals surface area contributed by atoms with E-state index in [1.54, 1.807) is 12.1 Å². The van der Waals surface area contributed by atoms with Crippen LogP contribution in [0.4, 0.5) is 11.6 Å². The Morgan fingerprint density at radius 1 is 1.17 bits per heavy atom. The van der Waals surface area contributed by atoms with E-state index in [1.165, 1.54) is 12.1 Å². The first-order chi connectivity index (χ1) is 14.5. The monoisotopic (exact) mass is 411 g/mol. The first-order valence-corrected chi connectivity index (χ1v) is 9.87. The number of nitrogens with zero attached hydrogens (tertiary/aromatic N) is 4. The van der Waals surface area contributed by atoms with Gasteiger partial charge in [0.15, 0.2) is 12.4 Å². The number of hydrogen-bond acceptors (Lipinski definition) is 6. The summed E-state index contributed by atoms with van der Waals surface area (Å²) >= 11 is 0. The number of benzene rings is 2. The van der Waals surface area contributed by atoms with E-state index in [2.05, 4.69) is 29.0 Å². The van der Waals surface area contributed by atoms with Gasteiger partial charge in [0, 0.05) is 19.2 Å². The standard InChI is InChI=1S/C21H25N5O4/c1-3-24(4-2)13-14-25-17-10-6-5-9-16(17)22-21(25)23-20(27)15-30-19-12-8-7-11-18(19)26(28)29/h5-12H,3-4,13-15H2,1-2H3,(H,22,23,27). The third kappa shape index (κ3) is 4.93. The maximum atomic E-state index is 12.5. The van der Waals surface area contributed by atoms with Crippen molar-refractivity contribution in [2.75, 3.05) is 31.6 Å². The van der Waals surface area contributed by atoms with Crippen LogP contribution in [0.5, 0.6) is 5.75 Å². The summed E-state index contributed by atoms with van der Waals surface area (Å²) in [7, 11) is 0. The molecule has 30 heavy (non-hydrogen) atoms. The average Bonchev–Trinajstić information content (AvgIpc) is 3.10. The molecule has 0 bridgehead atoms. The van der Waals surface area contributed by atoms with E-state index in [-0.39, 0.29) is 18.0 Å². The summed E-state index contributed by atoms with van der Waals surface area (Å²) < 4.78 is 7.35. The molecule has 1 heterocycles. The van der Waals surface area contributed by atoms with Crippen LogP contribution >= 0.6 is 0 Å². The number of imidazole rings is 1. The molecule has 0 aliphatic carbocycles. The largest absolute Gasteiger partial charge is 0.477 e. The Morgan fingerprint density at radius 2 is 1.87 bits per heavy atom. The molecule has 0 atom stereocenters. The zero-order chi connectivity index (χ0) is 21.5. The van der Waals surface area contributed by atoms with Crippen molar-refractivity contribution in [3.63, 3.8) is 0 Å². The van der Waals surface area contributed by atoms with Crippen molar-refractivity contribution in [1.29, 1.82) is 0 Å². The van der Waals surface area contributed by atoms with Gasteiger partial charge in [-0.1, -0.05) is 38.1 Å². The van der Waals surface area contributed by atoms with Crippen molar-refractivity contribution in [3.8, 4) is 5.75 Å². The predicted octanol–water partition coefficient (Wildman–Crippen LogP) is 3.30. The van der Waals surface area contributed by atoms with Gasteiger partial charge in [-0.05, 0) is 31.3 Å². The van der Waals surface area contributed by atoms with Gasteiger partial charge in [-0.15, -0.1) is 0 Å². The number of fused-ring (bicyclic) bond motifs is 1. The Hall–Kier alpha value is -3.46. The molecule has 1 N–H and O–H groups in total. The summed E-state index contributed by atoms with van der Waals surface area (Å²) in [6.45, 7) is 7.23. The number of anilines is 1. The first-order valence-electron chi connectivity index (χ1n) is 9.87. The SMILES string of the molecule is CCN(CC)CCn1c(NC(=O)COc2ccccc2[N+](=O)[O-])nc2ccccc21. The molecule has 3 rings (SSSR count). The van der Waals surface area contributed by atoms with Gasteiger partial charge in [0.25, 0.3) is 5.91 Å². The van der Waals surface area contributed by atoms with Gasteiger partial charge in [0.2, 0.25) is 5.95 Å². The van der Waals surface area contributed by atoms with Crippen LogP contribution in [0.2, 0.25) is 0 Å². The quantitative estimate of drug-likeness (QED) is 0.406. The lowest BCUT2D eigenvalue weighted by molar-refractivity contribution is -0.385. The number of hydrogen-bond donors (Lipinski definition) is 1. The van der Waals surface area contributed by atoms with Crippen molar-refractivity contribution in [2.45, 2.75) is 20.4 Å². The second-order valence-corrected chi connectivity index (χ2v) is 6.66. The number of nitro groups is 1. The van der Waals surface area contributed by atoms with Crippen molar-refractivity contribution in [1.82, 2.24) is 14.5 Å². The Labute approximate surface area is 174 Å². The number of nitro benzene ring substituents is 1. The fourth-order valence-electron chi connectivity index (χ4n) is 3.21. The van der Waals surface area contributed by atoms with Crippen LogP contribution < -0.4 is 10.1 Å². The summed E-state index contributed by atoms with van der Waals surface area (Å²) in [5.74, 6) is 0.0414. The van der Waals surface area contributed by atoms with Gasteiger partial charge in [0.05, 0.1) is 16.0 Å². The fourth-order valence-corrected chi connectivity index (χ4v) is 3.21. The molecule has 0 radical (unpaired) electrons. The summed E-state index contributed by atoms with van der Waals surface area (Å²) in [4.78, 5) is 29.8. The van der Waals surface area contributed by atoms with Crippen LogP contribution in [-0.4, -0.2) is 51.5 Å². The lowest BCUT2D eigenvalue weighted by Gasteiger charge is -2.19. The number of para-hydroxylation sites is 4. The number of aromatic nitrogens is 2. The molecule has 9 heteroatoms. The topological polar surface area (TPSA) is 103 Å². The number of likely N-dealkylation sites (N-methyl/N-ethyl adjacent to an activating group) is 1. The highest BCUT2D eigenvalue weighted by Crippen LogP contribution is 2.26. The van der Waals surface area contributed by atoms with Gasteiger partial charge in [0.1, 0.15) is 0 Å². The number of carbonyl (C=O) groups excluding carboxylic acids is 1. The van der Waals surface area contributed by atoms with E-state index in [0.29, 0.717) is 12.5 Å². The second-order valence-electron chi connectivity index (χ2n) is 6.66.